The Labute approximate surface area is 166 Å². The van der Waals surface area contributed by atoms with Gasteiger partial charge in [-0.15, -0.1) is 0 Å². The molecule has 1 amide bonds. The second-order valence-corrected chi connectivity index (χ2v) is 8.81. The van der Waals surface area contributed by atoms with Gasteiger partial charge < -0.3 is 10.1 Å². The molecule has 0 radical (unpaired) electrons. The quantitative estimate of drug-likeness (QED) is 0.772. The van der Waals surface area contributed by atoms with Gasteiger partial charge >= 0.3 is 0 Å². The van der Waals surface area contributed by atoms with Gasteiger partial charge in [0.25, 0.3) is 0 Å². The maximum atomic E-state index is 12.8. The molecule has 0 aromatic heterocycles. The van der Waals surface area contributed by atoms with Gasteiger partial charge in [0.15, 0.2) is 0 Å². The van der Waals surface area contributed by atoms with E-state index in [2.05, 4.69) is 12.2 Å². The van der Waals surface area contributed by atoms with E-state index in [-0.39, 0.29) is 17.2 Å². The van der Waals surface area contributed by atoms with Crippen molar-refractivity contribution < 1.29 is 17.9 Å². The SMILES string of the molecule is CCc1ccc(CC(=O)Nc2cc(S(=O)(=O)N3CCCC3)ccc2OC)cc1. The second kappa shape index (κ2) is 8.75. The number of rotatable bonds is 7. The normalized spacial score (nSPS) is 14.8. The van der Waals surface area contributed by atoms with Gasteiger partial charge in [-0.25, -0.2) is 8.42 Å². The van der Waals surface area contributed by atoms with E-state index in [1.54, 1.807) is 6.07 Å². The molecule has 1 aliphatic rings. The molecule has 6 nitrogen and oxygen atoms in total. The Morgan fingerprint density at radius 1 is 1.07 bits per heavy atom. The van der Waals surface area contributed by atoms with Crippen molar-refractivity contribution in [2.24, 2.45) is 0 Å². The number of benzene rings is 2. The maximum Gasteiger partial charge on any atom is 0.243 e. The minimum atomic E-state index is -3.56. The smallest absolute Gasteiger partial charge is 0.243 e. The van der Waals surface area contributed by atoms with Gasteiger partial charge in [0.2, 0.25) is 15.9 Å². The molecule has 1 N–H and O–H groups in total. The van der Waals surface area contributed by atoms with Crippen LogP contribution in [0.15, 0.2) is 47.4 Å². The van der Waals surface area contributed by atoms with Gasteiger partial charge in [-0.3, -0.25) is 4.79 Å². The van der Waals surface area contributed by atoms with Gasteiger partial charge in [-0.05, 0) is 48.6 Å². The molecule has 0 bridgehead atoms. The van der Waals surface area contributed by atoms with E-state index in [1.807, 2.05) is 24.3 Å². The molecule has 0 spiro atoms. The molecule has 0 saturated carbocycles. The first-order chi connectivity index (χ1) is 13.4. The van der Waals surface area contributed by atoms with Gasteiger partial charge in [0, 0.05) is 13.1 Å². The number of sulfonamides is 1. The van der Waals surface area contributed by atoms with E-state index in [9.17, 15) is 13.2 Å². The Balaban J connectivity index is 1.78. The zero-order valence-corrected chi connectivity index (χ0v) is 17.1. The molecule has 0 unspecified atom stereocenters. The molecule has 0 atom stereocenters. The molecule has 3 rings (SSSR count). The van der Waals surface area contributed by atoms with E-state index < -0.39 is 10.0 Å². The lowest BCUT2D eigenvalue weighted by molar-refractivity contribution is -0.115. The number of methoxy groups -OCH3 is 1. The summed E-state index contributed by atoms with van der Waals surface area (Å²) in [7, 11) is -2.07. The zero-order valence-electron chi connectivity index (χ0n) is 16.3. The lowest BCUT2D eigenvalue weighted by atomic mass is 10.1. The summed E-state index contributed by atoms with van der Waals surface area (Å²) in [6, 6.07) is 12.5. The van der Waals surface area contributed by atoms with Crippen molar-refractivity contribution in [3.8, 4) is 5.75 Å². The molecular weight excluding hydrogens is 376 g/mol. The number of amides is 1. The first kappa shape index (κ1) is 20.4. The third-order valence-corrected chi connectivity index (χ3v) is 6.84. The van der Waals surface area contributed by atoms with E-state index in [0.29, 0.717) is 24.5 Å². The Hall–Kier alpha value is -2.38. The van der Waals surface area contributed by atoms with Crippen molar-refractivity contribution in [1.29, 1.82) is 0 Å². The second-order valence-electron chi connectivity index (χ2n) is 6.87. The summed E-state index contributed by atoms with van der Waals surface area (Å²) in [5, 5.41) is 2.79. The standard InChI is InChI=1S/C21H26N2O4S/c1-3-16-6-8-17(9-7-16)14-21(24)22-19-15-18(10-11-20(19)27-2)28(25,26)23-12-4-5-13-23/h6-11,15H,3-5,12-14H2,1-2H3,(H,22,24). The van der Waals surface area contributed by atoms with Gasteiger partial charge in [0.1, 0.15) is 5.75 Å². The summed E-state index contributed by atoms with van der Waals surface area (Å²) in [4.78, 5) is 12.7. The molecule has 1 heterocycles. The molecule has 1 aliphatic heterocycles. The zero-order chi connectivity index (χ0) is 20.1. The van der Waals surface area contributed by atoms with Crippen LogP contribution in [-0.4, -0.2) is 38.8 Å². The van der Waals surface area contributed by atoms with E-state index >= 15 is 0 Å². The van der Waals surface area contributed by atoms with Crippen LogP contribution in [0.25, 0.3) is 0 Å². The van der Waals surface area contributed by atoms with Crippen LogP contribution in [0.5, 0.6) is 5.75 Å². The largest absolute Gasteiger partial charge is 0.495 e. The number of nitrogens with zero attached hydrogens (tertiary/aromatic N) is 1. The fraction of sp³-hybridized carbons (Fsp3) is 0.381. The molecular formula is C21H26N2O4S. The van der Waals surface area contributed by atoms with Crippen LogP contribution in [0, 0.1) is 0 Å². The molecule has 0 aliphatic carbocycles. The highest BCUT2D eigenvalue weighted by atomic mass is 32.2. The van der Waals surface area contributed by atoms with Crippen LogP contribution in [0.3, 0.4) is 0 Å². The fourth-order valence-corrected chi connectivity index (χ4v) is 4.84. The summed E-state index contributed by atoms with van der Waals surface area (Å²) in [6.45, 7) is 3.14. The monoisotopic (exact) mass is 402 g/mol. The predicted octanol–water partition coefficient (Wildman–Crippen LogP) is 3.22. The number of ether oxygens (including phenoxy) is 1. The number of aryl methyl sites for hydroxylation is 1. The predicted molar refractivity (Wildman–Crippen MR) is 109 cm³/mol. The highest BCUT2D eigenvalue weighted by Crippen LogP contribution is 2.30. The summed E-state index contributed by atoms with van der Waals surface area (Å²) in [5.74, 6) is 0.202. The molecule has 2 aromatic rings. The Bertz CT molecular complexity index is 933. The number of hydrogen-bond acceptors (Lipinski definition) is 4. The summed E-state index contributed by atoms with van der Waals surface area (Å²) in [6.07, 6.45) is 2.89. The lowest BCUT2D eigenvalue weighted by Crippen LogP contribution is -2.28. The third-order valence-electron chi connectivity index (χ3n) is 4.94. The molecule has 7 heteroatoms. The number of hydrogen-bond donors (Lipinski definition) is 1. The van der Waals surface area contributed by atoms with Gasteiger partial charge in [-0.2, -0.15) is 4.31 Å². The lowest BCUT2D eigenvalue weighted by Gasteiger charge is -2.17. The van der Waals surface area contributed by atoms with Gasteiger partial charge in [0.05, 0.1) is 24.1 Å². The molecule has 150 valence electrons. The number of carbonyl (C=O) groups excluding carboxylic acids is 1. The molecule has 28 heavy (non-hydrogen) atoms. The highest BCUT2D eigenvalue weighted by Gasteiger charge is 2.28. The average molecular weight is 403 g/mol. The van der Waals surface area contributed by atoms with Crippen molar-refractivity contribution in [3.05, 3.63) is 53.6 Å². The van der Waals surface area contributed by atoms with Crippen molar-refractivity contribution in [1.82, 2.24) is 4.31 Å². The van der Waals surface area contributed by atoms with Crippen LogP contribution in [-0.2, 0) is 27.7 Å². The Morgan fingerprint density at radius 3 is 2.32 bits per heavy atom. The van der Waals surface area contributed by atoms with E-state index in [1.165, 1.54) is 29.1 Å². The molecule has 1 saturated heterocycles. The van der Waals surface area contributed by atoms with Gasteiger partial charge in [-0.1, -0.05) is 31.2 Å². The fourth-order valence-electron chi connectivity index (χ4n) is 3.30. The summed E-state index contributed by atoms with van der Waals surface area (Å²) in [5.41, 5.74) is 2.47. The van der Waals surface area contributed by atoms with Crippen molar-refractivity contribution in [2.75, 3.05) is 25.5 Å². The van der Waals surface area contributed by atoms with Crippen LogP contribution >= 0.6 is 0 Å². The van der Waals surface area contributed by atoms with E-state index in [4.69, 9.17) is 4.74 Å². The minimum absolute atomic E-state index is 0.165. The summed E-state index contributed by atoms with van der Waals surface area (Å²) < 4.78 is 32.4. The van der Waals surface area contributed by atoms with Crippen LogP contribution in [0.2, 0.25) is 0 Å². The highest BCUT2D eigenvalue weighted by molar-refractivity contribution is 7.89. The first-order valence-electron chi connectivity index (χ1n) is 9.50. The van der Waals surface area contributed by atoms with Crippen LogP contribution in [0.1, 0.15) is 30.9 Å². The maximum absolute atomic E-state index is 12.8. The Kier molecular flexibility index (Phi) is 6.36. The molecule has 1 fully saturated rings. The van der Waals surface area contributed by atoms with Crippen LogP contribution in [0.4, 0.5) is 5.69 Å². The van der Waals surface area contributed by atoms with E-state index in [0.717, 1.165) is 24.8 Å². The number of nitrogens with one attached hydrogen (secondary N) is 1. The minimum Gasteiger partial charge on any atom is -0.495 e. The van der Waals surface area contributed by atoms with Crippen molar-refractivity contribution in [3.63, 3.8) is 0 Å². The molecule has 2 aromatic carbocycles. The third kappa shape index (κ3) is 4.54. The number of anilines is 1. The summed E-state index contributed by atoms with van der Waals surface area (Å²) >= 11 is 0. The Morgan fingerprint density at radius 2 is 1.71 bits per heavy atom. The van der Waals surface area contributed by atoms with Crippen LogP contribution < -0.4 is 10.1 Å². The average Bonchev–Trinajstić information content (AvgIpc) is 3.24. The van der Waals surface area contributed by atoms with Crippen molar-refractivity contribution >= 4 is 21.6 Å². The van der Waals surface area contributed by atoms with Crippen molar-refractivity contribution in [2.45, 2.75) is 37.5 Å². The first-order valence-corrected chi connectivity index (χ1v) is 10.9. The topological polar surface area (TPSA) is 75.7 Å². The number of carbonyl (C=O) groups is 1.